The SMILES string of the molecule is CCC(CO)(CCS(=O)(=O)C(C)C)c1ccccc1. The first kappa shape index (κ1) is 16.2. The zero-order valence-corrected chi connectivity index (χ0v) is 12.8. The quantitative estimate of drug-likeness (QED) is 0.837. The number of benzene rings is 1. The second kappa shape index (κ2) is 6.53. The zero-order valence-electron chi connectivity index (χ0n) is 12.0. The highest BCUT2D eigenvalue weighted by atomic mass is 32.2. The van der Waals surface area contributed by atoms with Crippen molar-refractivity contribution in [3.63, 3.8) is 0 Å². The van der Waals surface area contributed by atoms with Crippen LogP contribution in [0.15, 0.2) is 30.3 Å². The van der Waals surface area contributed by atoms with Crippen LogP contribution >= 0.6 is 0 Å². The highest BCUT2D eigenvalue weighted by Gasteiger charge is 2.31. The molecule has 0 spiro atoms. The molecule has 0 aliphatic carbocycles. The second-order valence-electron chi connectivity index (χ2n) is 5.32. The van der Waals surface area contributed by atoms with Gasteiger partial charge in [-0.25, -0.2) is 8.42 Å². The minimum atomic E-state index is -3.07. The lowest BCUT2D eigenvalue weighted by atomic mass is 9.76. The summed E-state index contributed by atoms with van der Waals surface area (Å²) < 4.78 is 23.9. The second-order valence-corrected chi connectivity index (χ2v) is 8.00. The molecule has 1 atom stereocenters. The molecule has 0 saturated heterocycles. The highest BCUT2D eigenvalue weighted by molar-refractivity contribution is 7.91. The van der Waals surface area contributed by atoms with Gasteiger partial charge in [0.05, 0.1) is 17.6 Å². The Hall–Kier alpha value is -0.870. The van der Waals surface area contributed by atoms with Gasteiger partial charge in [-0.1, -0.05) is 37.3 Å². The molecule has 3 nitrogen and oxygen atoms in total. The number of rotatable bonds is 7. The molecule has 1 rings (SSSR count). The predicted molar refractivity (Wildman–Crippen MR) is 79.0 cm³/mol. The fraction of sp³-hybridized carbons (Fsp3) is 0.600. The molecular formula is C15H24O3S. The third-order valence-corrected chi connectivity index (χ3v) is 6.16. The van der Waals surface area contributed by atoms with Gasteiger partial charge in [0.1, 0.15) is 0 Å². The van der Waals surface area contributed by atoms with E-state index in [9.17, 15) is 13.5 Å². The van der Waals surface area contributed by atoms with Crippen molar-refractivity contribution in [1.29, 1.82) is 0 Å². The lowest BCUT2D eigenvalue weighted by Gasteiger charge is -2.31. The van der Waals surface area contributed by atoms with E-state index in [1.54, 1.807) is 13.8 Å². The van der Waals surface area contributed by atoms with Crippen molar-refractivity contribution in [3.8, 4) is 0 Å². The van der Waals surface area contributed by atoms with E-state index in [-0.39, 0.29) is 17.6 Å². The summed E-state index contributed by atoms with van der Waals surface area (Å²) in [5.74, 6) is 0.119. The van der Waals surface area contributed by atoms with Gasteiger partial charge >= 0.3 is 0 Å². The molecule has 1 unspecified atom stereocenters. The van der Waals surface area contributed by atoms with Crippen molar-refractivity contribution in [1.82, 2.24) is 0 Å². The van der Waals surface area contributed by atoms with E-state index in [2.05, 4.69) is 0 Å². The van der Waals surface area contributed by atoms with E-state index in [4.69, 9.17) is 0 Å². The van der Waals surface area contributed by atoms with Gasteiger partial charge in [-0.05, 0) is 32.3 Å². The smallest absolute Gasteiger partial charge is 0.152 e. The molecule has 0 amide bonds. The molecule has 0 radical (unpaired) electrons. The van der Waals surface area contributed by atoms with Gasteiger partial charge < -0.3 is 5.11 Å². The number of hydrogen-bond donors (Lipinski definition) is 1. The summed E-state index contributed by atoms with van der Waals surface area (Å²) in [6.07, 6.45) is 1.19. The molecule has 1 aromatic rings. The average molecular weight is 284 g/mol. The summed E-state index contributed by atoms with van der Waals surface area (Å²) in [4.78, 5) is 0. The van der Waals surface area contributed by atoms with Crippen LogP contribution in [0.4, 0.5) is 0 Å². The monoisotopic (exact) mass is 284 g/mol. The summed E-state index contributed by atoms with van der Waals surface area (Å²) in [6.45, 7) is 5.36. The van der Waals surface area contributed by atoms with Crippen LogP contribution in [0.3, 0.4) is 0 Å². The maximum atomic E-state index is 12.0. The molecule has 4 heteroatoms. The average Bonchev–Trinajstić information content (AvgIpc) is 2.41. The van der Waals surface area contributed by atoms with Gasteiger partial charge in [-0.3, -0.25) is 0 Å². The van der Waals surface area contributed by atoms with Crippen LogP contribution in [0.2, 0.25) is 0 Å². The molecule has 0 aromatic heterocycles. The largest absolute Gasteiger partial charge is 0.395 e. The molecular weight excluding hydrogens is 260 g/mol. The number of aliphatic hydroxyl groups is 1. The summed E-state index contributed by atoms with van der Waals surface area (Å²) in [7, 11) is -3.07. The lowest BCUT2D eigenvalue weighted by Crippen LogP contribution is -2.33. The van der Waals surface area contributed by atoms with Gasteiger partial charge in [-0.2, -0.15) is 0 Å². The minimum absolute atomic E-state index is 0.0267. The van der Waals surface area contributed by atoms with Crippen molar-refractivity contribution in [3.05, 3.63) is 35.9 Å². The molecule has 0 saturated carbocycles. The molecule has 1 N–H and O–H groups in total. The Kier molecular flexibility index (Phi) is 5.56. The van der Waals surface area contributed by atoms with E-state index in [1.165, 1.54) is 0 Å². The summed E-state index contributed by atoms with van der Waals surface area (Å²) in [6, 6.07) is 9.69. The topological polar surface area (TPSA) is 54.4 Å². The first-order valence-electron chi connectivity index (χ1n) is 6.76. The van der Waals surface area contributed by atoms with Crippen LogP contribution in [-0.4, -0.2) is 31.1 Å². The Bertz CT molecular complexity index is 473. The summed E-state index contributed by atoms with van der Waals surface area (Å²) in [5, 5.41) is 9.41. The normalized spacial score (nSPS) is 15.4. The Balaban J connectivity index is 2.97. The lowest BCUT2D eigenvalue weighted by molar-refractivity contribution is 0.183. The molecule has 1 aromatic carbocycles. The maximum Gasteiger partial charge on any atom is 0.152 e. The van der Waals surface area contributed by atoms with E-state index in [1.807, 2.05) is 37.3 Å². The van der Waals surface area contributed by atoms with Crippen LogP contribution in [-0.2, 0) is 15.3 Å². The van der Waals surface area contributed by atoms with Crippen LogP contribution < -0.4 is 0 Å². The summed E-state index contributed by atoms with van der Waals surface area (Å²) in [5.41, 5.74) is 0.558. The fourth-order valence-electron chi connectivity index (χ4n) is 2.17. The number of sulfone groups is 1. The molecule has 0 fully saturated rings. The standard InChI is InChI=1S/C15H24O3S/c1-4-15(12-16,14-8-6-5-7-9-14)10-11-19(17,18)13(2)3/h5-9,13,16H,4,10-12H2,1-3H3. The Morgan fingerprint density at radius 2 is 1.79 bits per heavy atom. The molecule has 0 bridgehead atoms. The van der Waals surface area contributed by atoms with Crippen LogP contribution in [0, 0.1) is 0 Å². The van der Waals surface area contributed by atoms with E-state index in [0.29, 0.717) is 6.42 Å². The third-order valence-electron chi connectivity index (χ3n) is 3.95. The maximum absolute atomic E-state index is 12.0. The Morgan fingerprint density at radius 3 is 2.21 bits per heavy atom. The van der Waals surface area contributed by atoms with Crippen LogP contribution in [0.1, 0.15) is 39.2 Å². The van der Waals surface area contributed by atoms with Crippen molar-refractivity contribution < 1.29 is 13.5 Å². The molecule has 0 heterocycles. The Labute approximate surface area is 116 Å². The van der Waals surface area contributed by atoms with Gasteiger partial charge in [0.25, 0.3) is 0 Å². The molecule has 19 heavy (non-hydrogen) atoms. The minimum Gasteiger partial charge on any atom is -0.395 e. The van der Waals surface area contributed by atoms with Crippen molar-refractivity contribution in [2.45, 2.75) is 44.3 Å². The van der Waals surface area contributed by atoms with Gasteiger partial charge in [-0.15, -0.1) is 0 Å². The van der Waals surface area contributed by atoms with E-state index in [0.717, 1.165) is 12.0 Å². The summed E-state index contributed by atoms with van der Waals surface area (Å²) >= 11 is 0. The zero-order chi connectivity index (χ0) is 14.5. The van der Waals surface area contributed by atoms with Crippen molar-refractivity contribution >= 4 is 9.84 Å². The fourth-order valence-corrected chi connectivity index (χ4v) is 3.32. The first-order chi connectivity index (χ1) is 8.88. The van der Waals surface area contributed by atoms with Crippen LogP contribution in [0.5, 0.6) is 0 Å². The number of aliphatic hydroxyl groups excluding tert-OH is 1. The molecule has 0 aliphatic rings. The van der Waals surface area contributed by atoms with E-state index < -0.39 is 15.3 Å². The molecule has 108 valence electrons. The van der Waals surface area contributed by atoms with Crippen molar-refractivity contribution in [2.75, 3.05) is 12.4 Å². The number of hydrogen-bond acceptors (Lipinski definition) is 3. The first-order valence-corrected chi connectivity index (χ1v) is 8.47. The van der Waals surface area contributed by atoms with Gasteiger partial charge in [0, 0.05) is 5.41 Å². The van der Waals surface area contributed by atoms with Gasteiger partial charge in [0.2, 0.25) is 0 Å². The Morgan fingerprint density at radius 1 is 1.21 bits per heavy atom. The molecule has 0 aliphatic heterocycles. The third kappa shape index (κ3) is 3.80. The van der Waals surface area contributed by atoms with Gasteiger partial charge in [0.15, 0.2) is 9.84 Å². The van der Waals surface area contributed by atoms with E-state index >= 15 is 0 Å². The van der Waals surface area contributed by atoms with Crippen molar-refractivity contribution in [2.24, 2.45) is 0 Å². The highest BCUT2D eigenvalue weighted by Crippen LogP contribution is 2.32. The predicted octanol–water partition coefficient (Wildman–Crippen LogP) is 2.54. The van der Waals surface area contributed by atoms with Crippen LogP contribution in [0.25, 0.3) is 0 Å².